The maximum atomic E-state index is 13.0. The first-order chi connectivity index (χ1) is 20.8. The van der Waals surface area contributed by atoms with Gasteiger partial charge >= 0.3 is 11.7 Å². The van der Waals surface area contributed by atoms with Gasteiger partial charge in [0.15, 0.2) is 6.23 Å². The molecule has 1 fully saturated rings. The largest absolute Gasteiger partial charge is 0.462 e. The molecule has 0 unspecified atom stereocenters. The summed E-state index contributed by atoms with van der Waals surface area (Å²) in [6, 6.07) is 10.7. The van der Waals surface area contributed by atoms with Gasteiger partial charge in [-0.1, -0.05) is 18.6 Å². The Morgan fingerprint density at radius 2 is 1.72 bits per heavy atom. The fourth-order valence-electron chi connectivity index (χ4n) is 4.45. The van der Waals surface area contributed by atoms with Crippen LogP contribution in [0.25, 0.3) is 0 Å². The van der Waals surface area contributed by atoms with Crippen LogP contribution in [0.2, 0.25) is 0 Å². The van der Waals surface area contributed by atoms with Gasteiger partial charge in [0.2, 0.25) is 0 Å². The Morgan fingerprint density at radius 3 is 2.42 bits per heavy atom. The van der Waals surface area contributed by atoms with Gasteiger partial charge in [-0.05, 0) is 49.6 Å². The number of hydrogen-bond acceptors (Lipinski definition) is 11. The number of carbonyl (C=O) groups excluding carboxylic acids is 3. The minimum atomic E-state index is -1.47. The maximum absolute atomic E-state index is 13.0. The Hall–Kier alpha value is -4.50. The van der Waals surface area contributed by atoms with E-state index in [9.17, 15) is 34.5 Å². The van der Waals surface area contributed by atoms with Crippen LogP contribution in [-0.2, 0) is 9.47 Å². The monoisotopic (exact) mass is 595 g/mol. The van der Waals surface area contributed by atoms with Crippen LogP contribution >= 0.6 is 0 Å². The molecule has 14 nitrogen and oxygen atoms in total. The molecule has 3 heterocycles. The molecule has 0 saturated carbocycles. The van der Waals surface area contributed by atoms with Gasteiger partial charge in [0, 0.05) is 25.1 Å². The van der Waals surface area contributed by atoms with Crippen molar-refractivity contribution in [3.05, 3.63) is 88.2 Å². The van der Waals surface area contributed by atoms with Gasteiger partial charge in [-0.3, -0.25) is 19.1 Å². The van der Waals surface area contributed by atoms with Crippen molar-refractivity contribution in [1.29, 1.82) is 0 Å². The molecule has 1 aliphatic heterocycles. The lowest BCUT2D eigenvalue weighted by Crippen LogP contribution is -2.36. The molecular weight excluding hydrogens is 562 g/mol. The number of carbonyl (C=O) groups is 3. The minimum absolute atomic E-state index is 0.0197. The number of pyridine rings is 1. The van der Waals surface area contributed by atoms with Crippen molar-refractivity contribution >= 4 is 23.6 Å². The molecule has 0 spiro atoms. The van der Waals surface area contributed by atoms with Crippen molar-refractivity contribution < 1.29 is 39.2 Å². The van der Waals surface area contributed by atoms with Gasteiger partial charge in [-0.25, -0.2) is 9.59 Å². The summed E-state index contributed by atoms with van der Waals surface area (Å²) in [6.07, 6.45) is 2.08. The van der Waals surface area contributed by atoms with Crippen LogP contribution in [0.15, 0.2) is 65.8 Å². The number of nitrogens with one attached hydrogen (secondary N) is 2. The lowest BCUT2D eigenvalue weighted by molar-refractivity contribution is -0.0549. The van der Waals surface area contributed by atoms with E-state index in [2.05, 4.69) is 20.6 Å². The first-order valence-corrected chi connectivity index (χ1v) is 13.8. The SMILES string of the molecule is O=C(NCCCCCCOC(=O)c1ccccc1C(=O)Nc1ccn([C@@H]2O[C@H](CO)[C@@H](O)[C@@H]2O)c(=O)n1)c1cccnc1. The fourth-order valence-corrected chi connectivity index (χ4v) is 4.45. The third kappa shape index (κ3) is 8.08. The number of nitrogens with zero attached hydrogens (tertiary/aromatic N) is 3. The third-order valence-electron chi connectivity index (χ3n) is 6.77. The van der Waals surface area contributed by atoms with E-state index in [1.54, 1.807) is 30.5 Å². The summed E-state index contributed by atoms with van der Waals surface area (Å²) in [5.41, 5.74) is -0.318. The quantitative estimate of drug-likeness (QED) is 0.137. The Morgan fingerprint density at radius 1 is 0.953 bits per heavy atom. The Kier molecular flexibility index (Phi) is 11.0. The lowest BCUT2D eigenvalue weighted by atomic mass is 10.1. The minimum Gasteiger partial charge on any atom is -0.462 e. The fraction of sp³-hybridized carbons (Fsp3) is 0.379. The van der Waals surface area contributed by atoms with Crippen molar-refractivity contribution in [1.82, 2.24) is 19.9 Å². The summed E-state index contributed by atoms with van der Waals surface area (Å²) in [7, 11) is 0. The summed E-state index contributed by atoms with van der Waals surface area (Å²) < 4.78 is 11.6. The molecule has 2 aromatic heterocycles. The molecule has 4 atom stereocenters. The van der Waals surface area contributed by atoms with E-state index >= 15 is 0 Å². The molecule has 0 aliphatic carbocycles. The third-order valence-corrected chi connectivity index (χ3v) is 6.77. The van der Waals surface area contributed by atoms with E-state index in [-0.39, 0.29) is 29.5 Å². The molecule has 1 saturated heterocycles. The second-order valence-electron chi connectivity index (χ2n) is 9.78. The van der Waals surface area contributed by atoms with Crippen LogP contribution in [0.4, 0.5) is 5.82 Å². The summed E-state index contributed by atoms with van der Waals surface area (Å²) in [4.78, 5) is 57.9. The molecule has 5 N–H and O–H groups in total. The van der Waals surface area contributed by atoms with E-state index < -0.39 is 48.7 Å². The number of anilines is 1. The van der Waals surface area contributed by atoms with E-state index in [4.69, 9.17) is 9.47 Å². The number of unbranched alkanes of at least 4 members (excludes halogenated alkanes) is 3. The number of aromatic nitrogens is 3. The topological polar surface area (TPSA) is 202 Å². The average Bonchev–Trinajstić information content (AvgIpc) is 3.31. The first-order valence-electron chi connectivity index (χ1n) is 13.8. The van der Waals surface area contributed by atoms with Crippen LogP contribution in [0.3, 0.4) is 0 Å². The standard InChI is InChI=1S/C29H33N5O9/c35-17-21-23(36)24(37)27(43-21)34-14-11-22(33-29(34)41)32-26(39)19-9-3-4-10-20(19)28(40)42-15-6-2-1-5-13-31-25(38)18-8-7-12-30-16-18/h3-4,7-12,14,16,21,23-24,27,35-37H,1-2,5-6,13,15,17H2,(H,31,38)(H,32,33,39,41)/t21-,23-,24+,27-/m1/s1. The van der Waals surface area contributed by atoms with Crippen LogP contribution in [0, 0.1) is 0 Å². The lowest BCUT2D eigenvalue weighted by Gasteiger charge is -2.17. The molecule has 0 radical (unpaired) electrons. The van der Waals surface area contributed by atoms with Crippen LogP contribution in [-0.4, -0.2) is 85.7 Å². The number of aliphatic hydroxyl groups is 3. The second-order valence-corrected chi connectivity index (χ2v) is 9.78. The maximum Gasteiger partial charge on any atom is 0.351 e. The van der Waals surface area contributed by atoms with E-state index in [0.717, 1.165) is 23.8 Å². The Bertz CT molecular complexity index is 1470. The van der Waals surface area contributed by atoms with Crippen molar-refractivity contribution in [3.8, 4) is 0 Å². The zero-order valence-electron chi connectivity index (χ0n) is 23.2. The molecule has 4 rings (SSSR count). The normalized spacial score (nSPS) is 19.5. The number of amides is 2. The van der Waals surface area contributed by atoms with Crippen LogP contribution < -0.4 is 16.3 Å². The predicted octanol–water partition coefficient (Wildman–Crippen LogP) is 0.649. The number of aliphatic hydroxyl groups excluding tert-OH is 3. The number of rotatable bonds is 13. The van der Waals surface area contributed by atoms with Gasteiger partial charge in [0.1, 0.15) is 24.1 Å². The molecule has 1 aliphatic rings. The predicted molar refractivity (Wildman–Crippen MR) is 151 cm³/mol. The highest BCUT2D eigenvalue weighted by molar-refractivity contribution is 6.10. The smallest absolute Gasteiger partial charge is 0.351 e. The van der Waals surface area contributed by atoms with Gasteiger partial charge < -0.3 is 35.4 Å². The average molecular weight is 596 g/mol. The van der Waals surface area contributed by atoms with Gasteiger partial charge in [0.25, 0.3) is 11.8 Å². The number of hydrogen-bond donors (Lipinski definition) is 5. The first kappa shape index (κ1) is 31.4. The van der Waals surface area contributed by atoms with Crippen molar-refractivity contribution in [2.24, 2.45) is 0 Å². The molecule has 3 aromatic rings. The van der Waals surface area contributed by atoms with Crippen LogP contribution in [0.5, 0.6) is 0 Å². The summed E-state index contributed by atoms with van der Waals surface area (Å²) in [5, 5.41) is 34.6. The Labute approximate surface area is 246 Å². The molecule has 1 aromatic carbocycles. The second kappa shape index (κ2) is 15.1. The molecular formula is C29H33N5O9. The molecule has 2 amide bonds. The number of benzene rings is 1. The van der Waals surface area contributed by atoms with E-state index in [1.165, 1.54) is 30.6 Å². The van der Waals surface area contributed by atoms with Gasteiger partial charge in [-0.2, -0.15) is 4.98 Å². The van der Waals surface area contributed by atoms with Gasteiger partial charge in [-0.15, -0.1) is 0 Å². The summed E-state index contributed by atoms with van der Waals surface area (Å²) in [6.45, 7) is 0.114. The molecule has 14 heteroatoms. The zero-order chi connectivity index (χ0) is 30.8. The number of esters is 1. The molecule has 228 valence electrons. The van der Waals surface area contributed by atoms with Crippen molar-refractivity contribution in [2.75, 3.05) is 25.1 Å². The zero-order valence-corrected chi connectivity index (χ0v) is 23.2. The molecule has 0 bridgehead atoms. The highest BCUT2D eigenvalue weighted by atomic mass is 16.6. The van der Waals surface area contributed by atoms with Crippen molar-refractivity contribution in [3.63, 3.8) is 0 Å². The molecule has 43 heavy (non-hydrogen) atoms. The highest BCUT2D eigenvalue weighted by Crippen LogP contribution is 2.28. The number of ether oxygens (including phenoxy) is 2. The van der Waals surface area contributed by atoms with E-state index in [1.807, 2.05) is 0 Å². The van der Waals surface area contributed by atoms with Crippen LogP contribution in [0.1, 0.15) is 63.0 Å². The van der Waals surface area contributed by atoms with E-state index in [0.29, 0.717) is 18.5 Å². The van der Waals surface area contributed by atoms with Gasteiger partial charge in [0.05, 0.1) is 29.9 Å². The highest BCUT2D eigenvalue weighted by Gasteiger charge is 2.43. The Balaban J connectivity index is 1.23. The summed E-state index contributed by atoms with van der Waals surface area (Å²) >= 11 is 0. The van der Waals surface area contributed by atoms with Crippen molar-refractivity contribution in [2.45, 2.75) is 50.2 Å². The summed E-state index contributed by atoms with van der Waals surface area (Å²) in [5.74, 6) is -1.67.